The van der Waals surface area contributed by atoms with E-state index in [0.717, 1.165) is 44.6 Å². The van der Waals surface area contributed by atoms with Crippen molar-refractivity contribution in [1.29, 1.82) is 0 Å². The maximum Gasteiger partial charge on any atom is 0.461 e. The van der Waals surface area contributed by atoms with Gasteiger partial charge in [-0.3, -0.25) is 4.90 Å². The SMILES string of the molecule is Cl.FC(F)C(F)(F)Oc1cccc([C@H](C2CCCC2)N2CCNCC2)c1. The summed E-state index contributed by atoms with van der Waals surface area (Å²) in [6.45, 7) is 3.56. The van der Waals surface area contributed by atoms with Crippen LogP contribution < -0.4 is 10.1 Å². The van der Waals surface area contributed by atoms with Gasteiger partial charge in [0.1, 0.15) is 5.75 Å². The van der Waals surface area contributed by atoms with Gasteiger partial charge < -0.3 is 10.1 Å². The highest BCUT2D eigenvalue weighted by molar-refractivity contribution is 5.85. The quantitative estimate of drug-likeness (QED) is 0.717. The minimum absolute atomic E-state index is 0. The lowest BCUT2D eigenvalue weighted by molar-refractivity contribution is -0.253. The number of alkyl halides is 4. The van der Waals surface area contributed by atoms with Gasteiger partial charge >= 0.3 is 12.5 Å². The summed E-state index contributed by atoms with van der Waals surface area (Å²) in [6.07, 6.45) is -3.77. The first kappa shape index (κ1) is 21.3. The molecule has 2 aliphatic rings. The van der Waals surface area contributed by atoms with Crippen molar-refractivity contribution >= 4 is 12.4 Å². The number of ether oxygens (including phenoxy) is 1. The summed E-state index contributed by atoms with van der Waals surface area (Å²) in [4.78, 5) is 2.37. The predicted octanol–water partition coefficient (Wildman–Crippen LogP) is 4.48. The van der Waals surface area contributed by atoms with Gasteiger partial charge in [-0.25, -0.2) is 0 Å². The summed E-state index contributed by atoms with van der Waals surface area (Å²) in [5.74, 6) is 0.255. The Morgan fingerprint density at radius 2 is 1.77 bits per heavy atom. The van der Waals surface area contributed by atoms with Crippen molar-refractivity contribution in [3.05, 3.63) is 29.8 Å². The minimum Gasteiger partial charge on any atom is -0.428 e. The molecule has 1 saturated heterocycles. The van der Waals surface area contributed by atoms with Crippen molar-refractivity contribution in [1.82, 2.24) is 10.2 Å². The third kappa shape index (κ3) is 5.02. The molecular formula is C18H25ClF4N2O. The van der Waals surface area contributed by atoms with Crippen molar-refractivity contribution in [2.45, 2.75) is 44.3 Å². The molecule has 0 unspecified atom stereocenters. The van der Waals surface area contributed by atoms with Gasteiger partial charge in [0.05, 0.1) is 0 Å². The molecule has 0 radical (unpaired) electrons. The monoisotopic (exact) mass is 396 g/mol. The molecule has 1 atom stereocenters. The largest absolute Gasteiger partial charge is 0.461 e. The zero-order valence-corrected chi connectivity index (χ0v) is 15.3. The average molecular weight is 397 g/mol. The fourth-order valence-corrected chi connectivity index (χ4v) is 3.98. The van der Waals surface area contributed by atoms with E-state index in [4.69, 9.17) is 0 Å². The van der Waals surface area contributed by atoms with Gasteiger partial charge in [0.15, 0.2) is 0 Å². The van der Waals surface area contributed by atoms with Crippen molar-refractivity contribution in [3.8, 4) is 5.75 Å². The average Bonchev–Trinajstić information content (AvgIpc) is 3.10. The number of nitrogens with one attached hydrogen (secondary N) is 1. The van der Waals surface area contributed by atoms with E-state index in [2.05, 4.69) is 15.0 Å². The standard InChI is InChI=1S/C18H24F4N2O.ClH/c19-17(20)18(21,22)25-15-7-3-6-14(12-15)16(13-4-1-2-5-13)24-10-8-23-9-11-24;/h3,6-7,12-13,16-17,23H,1-2,4-5,8-11H2;1H/t16-;/m0./s1. The second-order valence-electron chi connectivity index (χ2n) is 6.81. The molecule has 1 N–H and O–H groups in total. The molecule has 1 aromatic rings. The molecule has 1 aliphatic heterocycles. The van der Waals surface area contributed by atoms with E-state index in [-0.39, 0.29) is 24.2 Å². The first-order valence-electron chi connectivity index (χ1n) is 8.87. The van der Waals surface area contributed by atoms with Gasteiger partial charge in [-0.15, -0.1) is 12.4 Å². The number of piperazine rings is 1. The summed E-state index contributed by atoms with van der Waals surface area (Å²) in [7, 11) is 0. The summed E-state index contributed by atoms with van der Waals surface area (Å²) < 4.78 is 55.6. The molecule has 1 heterocycles. The molecule has 148 valence electrons. The number of hydrogen-bond donors (Lipinski definition) is 1. The van der Waals surface area contributed by atoms with Crippen LogP contribution in [0.5, 0.6) is 5.75 Å². The zero-order chi connectivity index (χ0) is 17.9. The molecule has 0 spiro atoms. The molecule has 8 heteroatoms. The Labute approximate surface area is 157 Å². The predicted molar refractivity (Wildman–Crippen MR) is 94.4 cm³/mol. The second kappa shape index (κ2) is 9.24. The van der Waals surface area contributed by atoms with Crippen molar-refractivity contribution < 1.29 is 22.3 Å². The number of halogens is 5. The molecule has 0 aromatic heterocycles. The molecule has 1 aromatic carbocycles. The Morgan fingerprint density at radius 3 is 2.38 bits per heavy atom. The molecule has 2 fully saturated rings. The number of nitrogens with zero attached hydrogens (tertiary/aromatic N) is 1. The Bertz CT molecular complexity index is 564. The van der Waals surface area contributed by atoms with E-state index in [0.29, 0.717) is 5.92 Å². The second-order valence-corrected chi connectivity index (χ2v) is 6.81. The van der Waals surface area contributed by atoms with Crippen LogP contribution in [-0.2, 0) is 0 Å². The van der Waals surface area contributed by atoms with E-state index in [1.807, 2.05) is 6.07 Å². The summed E-state index contributed by atoms with van der Waals surface area (Å²) in [5.41, 5.74) is 0.872. The van der Waals surface area contributed by atoms with Gasteiger partial charge in [-0.05, 0) is 36.5 Å². The Hall–Kier alpha value is -1.05. The first-order chi connectivity index (χ1) is 12.0. The van der Waals surface area contributed by atoms with Crippen LogP contribution in [0, 0.1) is 5.92 Å². The van der Waals surface area contributed by atoms with Crippen LogP contribution >= 0.6 is 12.4 Å². The highest BCUT2D eigenvalue weighted by atomic mass is 35.5. The topological polar surface area (TPSA) is 24.5 Å². The van der Waals surface area contributed by atoms with Gasteiger partial charge in [0.2, 0.25) is 0 Å². The smallest absolute Gasteiger partial charge is 0.428 e. The lowest BCUT2D eigenvalue weighted by Gasteiger charge is -2.38. The minimum atomic E-state index is -4.48. The molecule has 1 aliphatic carbocycles. The fourth-order valence-electron chi connectivity index (χ4n) is 3.98. The zero-order valence-electron chi connectivity index (χ0n) is 14.5. The lowest BCUT2D eigenvalue weighted by Crippen LogP contribution is -2.46. The molecule has 26 heavy (non-hydrogen) atoms. The van der Waals surface area contributed by atoms with Crippen molar-refractivity contribution in [3.63, 3.8) is 0 Å². The Morgan fingerprint density at radius 1 is 1.12 bits per heavy atom. The molecule has 1 saturated carbocycles. The van der Waals surface area contributed by atoms with Crippen molar-refractivity contribution in [2.24, 2.45) is 5.92 Å². The summed E-state index contributed by atoms with van der Waals surface area (Å²) >= 11 is 0. The molecular weight excluding hydrogens is 372 g/mol. The van der Waals surface area contributed by atoms with Gasteiger partial charge in [-0.1, -0.05) is 25.0 Å². The Balaban J connectivity index is 0.00000243. The van der Waals surface area contributed by atoms with Crippen LogP contribution in [0.1, 0.15) is 37.3 Å². The third-order valence-corrected chi connectivity index (χ3v) is 5.10. The van der Waals surface area contributed by atoms with E-state index in [1.165, 1.54) is 25.0 Å². The molecule has 0 amide bonds. The highest BCUT2D eigenvalue weighted by Gasteiger charge is 2.44. The first-order valence-corrected chi connectivity index (χ1v) is 8.87. The van der Waals surface area contributed by atoms with E-state index in [1.54, 1.807) is 6.07 Å². The van der Waals surface area contributed by atoms with Crippen molar-refractivity contribution in [2.75, 3.05) is 26.2 Å². The van der Waals surface area contributed by atoms with E-state index < -0.39 is 12.5 Å². The van der Waals surface area contributed by atoms with Crippen LogP contribution in [0.25, 0.3) is 0 Å². The maximum atomic E-state index is 13.2. The van der Waals surface area contributed by atoms with Gasteiger partial charge in [0, 0.05) is 32.2 Å². The molecule has 0 bridgehead atoms. The molecule has 3 rings (SSSR count). The van der Waals surface area contributed by atoms with Gasteiger partial charge in [0.25, 0.3) is 0 Å². The normalized spacial score (nSPS) is 20.8. The highest BCUT2D eigenvalue weighted by Crippen LogP contribution is 2.41. The van der Waals surface area contributed by atoms with Crippen LogP contribution in [0.3, 0.4) is 0 Å². The van der Waals surface area contributed by atoms with Crippen LogP contribution in [-0.4, -0.2) is 43.6 Å². The van der Waals surface area contributed by atoms with Gasteiger partial charge in [-0.2, -0.15) is 17.6 Å². The summed E-state index contributed by atoms with van der Waals surface area (Å²) in [6, 6.07) is 6.42. The maximum absolute atomic E-state index is 13.2. The lowest BCUT2D eigenvalue weighted by atomic mass is 9.89. The fraction of sp³-hybridized carbons (Fsp3) is 0.667. The van der Waals surface area contributed by atoms with E-state index >= 15 is 0 Å². The van der Waals surface area contributed by atoms with Crippen LogP contribution in [0.15, 0.2) is 24.3 Å². The van der Waals surface area contributed by atoms with E-state index in [9.17, 15) is 17.6 Å². The number of hydrogen-bond acceptors (Lipinski definition) is 3. The van der Waals surface area contributed by atoms with Crippen LogP contribution in [0.4, 0.5) is 17.6 Å². The summed E-state index contributed by atoms with van der Waals surface area (Å²) in [5, 5.41) is 3.32. The number of benzene rings is 1. The van der Waals surface area contributed by atoms with Crippen LogP contribution in [0.2, 0.25) is 0 Å². The number of rotatable bonds is 6. The Kier molecular flexibility index (Phi) is 7.55. The molecule has 3 nitrogen and oxygen atoms in total. The third-order valence-electron chi connectivity index (χ3n) is 5.10.